The first-order valence-electron chi connectivity index (χ1n) is 7.50. The van der Waals surface area contributed by atoms with Crippen molar-refractivity contribution in [1.82, 2.24) is 5.32 Å². The lowest BCUT2D eigenvalue weighted by Crippen LogP contribution is -2.23. The molecule has 0 aliphatic heterocycles. The zero-order chi connectivity index (χ0) is 14.5. The molecule has 1 aromatic heterocycles. The minimum Gasteiger partial charge on any atom is -0.309 e. The van der Waals surface area contributed by atoms with Crippen LogP contribution in [0.25, 0.3) is 0 Å². The molecule has 1 nitrogen and oxygen atoms in total. The monoisotopic (exact) mass is 287 g/mol. The predicted molar refractivity (Wildman–Crippen MR) is 89.7 cm³/mol. The minimum absolute atomic E-state index is 0.441. The molecule has 1 heterocycles. The summed E-state index contributed by atoms with van der Waals surface area (Å²) >= 11 is 1.89. The van der Waals surface area contributed by atoms with E-state index < -0.39 is 0 Å². The maximum absolute atomic E-state index is 3.66. The van der Waals surface area contributed by atoms with Crippen molar-refractivity contribution in [1.29, 1.82) is 0 Å². The van der Waals surface area contributed by atoms with Crippen LogP contribution in [0.5, 0.6) is 0 Å². The van der Waals surface area contributed by atoms with E-state index in [-0.39, 0.29) is 0 Å². The second-order valence-corrected chi connectivity index (χ2v) is 6.42. The van der Waals surface area contributed by atoms with Crippen molar-refractivity contribution in [3.8, 4) is 0 Å². The molecule has 1 atom stereocenters. The lowest BCUT2D eigenvalue weighted by atomic mass is 9.98. The van der Waals surface area contributed by atoms with Gasteiger partial charge in [-0.15, -0.1) is 11.3 Å². The fourth-order valence-corrected chi connectivity index (χ4v) is 3.95. The van der Waals surface area contributed by atoms with Crippen LogP contribution in [0, 0.1) is 13.8 Å². The van der Waals surface area contributed by atoms with Gasteiger partial charge in [-0.2, -0.15) is 0 Å². The Bertz CT molecular complexity index is 536. The molecule has 0 amide bonds. The van der Waals surface area contributed by atoms with E-state index in [2.05, 4.69) is 62.7 Å². The van der Waals surface area contributed by atoms with Gasteiger partial charge in [-0.25, -0.2) is 0 Å². The Labute approximate surface area is 127 Å². The van der Waals surface area contributed by atoms with Crippen LogP contribution < -0.4 is 5.32 Å². The summed E-state index contributed by atoms with van der Waals surface area (Å²) in [4.78, 5) is 1.51. The summed E-state index contributed by atoms with van der Waals surface area (Å²) in [5.41, 5.74) is 5.64. The Hall–Kier alpha value is -1.12. The molecule has 2 heteroatoms. The first kappa shape index (κ1) is 15.3. The highest BCUT2D eigenvalue weighted by Crippen LogP contribution is 2.28. The van der Waals surface area contributed by atoms with Crippen LogP contribution in [0.3, 0.4) is 0 Å². The molecule has 108 valence electrons. The van der Waals surface area contributed by atoms with Crippen molar-refractivity contribution >= 4 is 11.3 Å². The van der Waals surface area contributed by atoms with E-state index in [9.17, 15) is 0 Å². The van der Waals surface area contributed by atoms with Gasteiger partial charge in [0.05, 0.1) is 0 Å². The van der Waals surface area contributed by atoms with Crippen molar-refractivity contribution in [2.24, 2.45) is 0 Å². The molecule has 1 N–H and O–H groups in total. The molecule has 0 aliphatic rings. The molecule has 2 aromatic rings. The van der Waals surface area contributed by atoms with Gasteiger partial charge >= 0.3 is 0 Å². The molecule has 0 fully saturated rings. The van der Waals surface area contributed by atoms with Gasteiger partial charge in [0, 0.05) is 10.9 Å². The normalized spacial score (nSPS) is 12.6. The highest BCUT2D eigenvalue weighted by molar-refractivity contribution is 7.10. The molecule has 0 spiro atoms. The van der Waals surface area contributed by atoms with E-state index in [0.717, 1.165) is 19.4 Å². The van der Waals surface area contributed by atoms with Crippen molar-refractivity contribution in [3.63, 3.8) is 0 Å². The van der Waals surface area contributed by atoms with Crippen LogP contribution in [0.2, 0.25) is 0 Å². The summed E-state index contributed by atoms with van der Waals surface area (Å²) in [6.45, 7) is 9.80. The first-order chi connectivity index (χ1) is 9.63. The van der Waals surface area contributed by atoms with E-state index in [1.807, 2.05) is 11.3 Å². The number of benzene rings is 1. The van der Waals surface area contributed by atoms with Crippen LogP contribution in [-0.4, -0.2) is 6.54 Å². The third-order valence-electron chi connectivity index (χ3n) is 3.65. The Morgan fingerprint density at radius 1 is 1.10 bits per heavy atom. The van der Waals surface area contributed by atoms with Gasteiger partial charge in [-0.3, -0.25) is 0 Å². The Morgan fingerprint density at radius 3 is 2.40 bits per heavy atom. The number of hydrogen-bond donors (Lipinski definition) is 1. The Balaban J connectivity index is 2.25. The smallest absolute Gasteiger partial charge is 0.0458 e. The summed E-state index contributed by atoms with van der Waals surface area (Å²) in [6, 6.07) is 9.59. The minimum atomic E-state index is 0.441. The lowest BCUT2D eigenvalue weighted by Gasteiger charge is -2.19. The zero-order valence-corrected chi connectivity index (χ0v) is 13.8. The van der Waals surface area contributed by atoms with E-state index in [0.29, 0.717) is 6.04 Å². The number of rotatable bonds is 6. The van der Waals surface area contributed by atoms with E-state index in [4.69, 9.17) is 0 Å². The summed E-state index contributed by atoms with van der Waals surface area (Å²) in [7, 11) is 0. The maximum Gasteiger partial charge on any atom is 0.0458 e. The van der Waals surface area contributed by atoms with Crippen molar-refractivity contribution in [2.75, 3.05) is 6.54 Å². The van der Waals surface area contributed by atoms with Gasteiger partial charge in [0.15, 0.2) is 0 Å². The Kier molecular flexibility index (Phi) is 5.38. The zero-order valence-electron chi connectivity index (χ0n) is 13.0. The standard InChI is InChI=1S/C18H25NS/c1-5-16-7-8-20-18(16)17(19-6-2)12-15-10-13(3)9-14(4)11-15/h7-11,17,19H,5-6,12H2,1-4H3. The molecule has 2 rings (SSSR count). The second kappa shape index (κ2) is 7.05. The summed E-state index contributed by atoms with van der Waals surface area (Å²) in [6.07, 6.45) is 2.19. The largest absolute Gasteiger partial charge is 0.309 e. The van der Waals surface area contributed by atoms with Gasteiger partial charge in [-0.05, 0) is 55.8 Å². The molecule has 0 saturated carbocycles. The number of hydrogen-bond acceptors (Lipinski definition) is 2. The number of likely N-dealkylation sites (N-methyl/N-ethyl adjacent to an activating group) is 1. The van der Waals surface area contributed by atoms with Gasteiger partial charge in [0.25, 0.3) is 0 Å². The van der Waals surface area contributed by atoms with Crippen LogP contribution in [0.4, 0.5) is 0 Å². The third-order valence-corrected chi connectivity index (χ3v) is 4.72. The predicted octanol–water partition coefficient (Wildman–Crippen LogP) is 4.82. The summed E-state index contributed by atoms with van der Waals surface area (Å²) in [5.74, 6) is 0. The fraction of sp³-hybridized carbons (Fsp3) is 0.444. The molecule has 0 aliphatic carbocycles. The number of aryl methyl sites for hydroxylation is 3. The average molecular weight is 287 g/mol. The van der Waals surface area contributed by atoms with E-state index >= 15 is 0 Å². The molecule has 0 bridgehead atoms. The molecule has 20 heavy (non-hydrogen) atoms. The number of thiophene rings is 1. The molecule has 0 radical (unpaired) electrons. The Morgan fingerprint density at radius 2 is 1.80 bits per heavy atom. The van der Waals surface area contributed by atoms with Gasteiger partial charge in [-0.1, -0.05) is 43.2 Å². The second-order valence-electron chi connectivity index (χ2n) is 5.47. The number of nitrogens with one attached hydrogen (secondary N) is 1. The first-order valence-corrected chi connectivity index (χ1v) is 8.38. The topological polar surface area (TPSA) is 12.0 Å². The third kappa shape index (κ3) is 3.71. The van der Waals surface area contributed by atoms with Crippen LogP contribution in [0.1, 0.15) is 47.0 Å². The van der Waals surface area contributed by atoms with Crippen LogP contribution in [0.15, 0.2) is 29.6 Å². The maximum atomic E-state index is 3.66. The van der Waals surface area contributed by atoms with E-state index in [1.165, 1.54) is 27.1 Å². The molecule has 1 unspecified atom stereocenters. The van der Waals surface area contributed by atoms with Crippen LogP contribution >= 0.6 is 11.3 Å². The summed E-state index contributed by atoms with van der Waals surface area (Å²) in [5, 5.41) is 5.88. The van der Waals surface area contributed by atoms with Gasteiger partial charge < -0.3 is 5.32 Å². The highest BCUT2D eigenvalue weighted by Gasteiger charge is 2.16. The van der Waals surface area contributed by atoms with E-state index in [1.54, 1.807) is 0 Å². The van der Waals surface area contributed by atoms with Gasteiger partial charge in [0.2, 0.25) is 0 Å². The molecule has 1 aromatic carbocycles. The van der Waals surface area contributed by atoms with Crippen molar-refractivity contribution < 1.29 is 0 Å². The molecule has 0 saturated heterocycles. The fourth-order valence-electron chi connectivity index (χ4n) is 2.87. The van der Waals surface area contributed by atoms with Gasteiger partial charge in [0.1, 0.15) is 0 Å². The average Bonchev–Trinajstić information content (AvgIpc) is 2.85. The quantitative estimate of drug-likeness (QED) is 0.803. The summed E-state index contributed by atoms with van der Waals surface area (Å²) < 4.78 is 0. The molecular weight excluding hydrogens is 262 g/mol. The lowest BCUT2D eigenvalue weighted by molar-refractivity contribution is 0.554. The molecular formula is C18H25NS. The van der Waals surface area contributed by atoms with Crippen molar-refractivity contribution in [2.45, 2.75) is 46.6 Å². The highest BCUT2D eigenvalue weighted by atomic mass is 32.1. The van der Waals surface area contributed by atoms with Crippen LogP contribution in [-0.2, 0) is 12.8 Å². The SMILES string of the molecule is CCNC(Cc1cc(C)cc(C)c1)c1sccc1CC. The van der Waals surface area contributed by atoms with Crippen molar-refractivity contribution in [3.05, 3.63) is 56.8 Å².